The van der Waals surface area contributed by atoms with Gasteiger partial charge < -0.3 is 0 Å². The normalized spacial score (nSPS) is 16.5. The van der Waals surface area contributed by atoms with Gasteiger partial charge in [-0.15, -0.1) is 0 Å². The van der Waals surface area contributed by atoms with Gasteiger partial charge in [-0.05, 0) is 0 Å². The molecule has 15 rings (SSSR count). The molecule has 4 heteroatoms. The summed E-state index contributed by atoms with van der Waals surface area (Å²) in [5.74, 6) is 0. The second kappa shape index (κ2) is 32.3. The molecule has 560 valence electrons. The van der Waals surface area contributed by atoms with Gasteiger partial charge in [-0.3, -0.25) is 0 Å². The molecule has 12 aromatic rings. The fourth-order valence-electron chi connectivity index (χ4n) is 22.9. The van der Waals surface area contributed by atoms with Gasteiger partial charge in [0.05, 0.1) is 0 Å². The summed E-state index contributed by atoms with van der Waals surface area (Å²) in [7, 11) is 0. The zero-order valence-corrected chi connectivity index (χ0v) is 82.7. The monoisotopic (exact) mass is 1870 g/mol. The van der Waals surface area contributed by atoms with E-state index in [0.29, 0.717) is 0 Å². The summed E-state index contributed by atoms with van der Waals surface area (Å²) in [5.41, 5.74) is 58.1. The third-order valence-corrected chi connectivity index (χ3v) is 93.3. The quantitative estimate of drug-likeness (QED) is 0.107. The van der Waals surface area contributed by atoms with E-state index in [1.54, 1.807) is 44.5 Å². The van der Waals surface area contributed by atoms with Crippen LogP contribution in [0, 0.1) is 166 Å². The van der Waals surface area contributed by atoms with Crippen molar-refractivity contribution >= 4 is 90.6 Å². The Labute approximate surface area is 686 Å². The van der Waals surface area contributed by atoms with Crippen LogP contribution >= 0.6 is 0 Å². The van der Waals surface area contributed by atoms with Crippen LogP contribution in [0.25, 0.3) is 89.0 Å². The molecule has 3 saturated heterocycles. The molecule has 0 nitrogen and oxygen atoms in total. The van der Waals surface area contributed by atoms with Crippen LogP contribution < -0.4 is 14.3 Å². The number of aryl methyl sites for hydroxylation is 24. The van der Waals surface area contributed by atoms with Crippen LogP contribution in [0.1, 0.15) is 134 Å². The Morgan fingerprint density at radius 1 is 0.182 bits per heavy atom. The van der Waals surface area contributed by atoms with E-state index in [1.807, 2.05) is 14.3 Å². The molecule has 3 heterocycles. The Morgan fingerprint density at radius 3 is 0.491 bits per heavy atom. The van der Waals surface area contributed by atoms with Crippen molar-refractivity contribution < 1.29 is 0 Å². The molecule has 0 atom stereocenters. The van der Waals surface area contributed by atoms with Gasteiger partial charge in [-0.2, -0.15) is 0 Å². The van der Waals surface area contributed by atoms with Crippen LogP contribution in [0.15, 0.2) is 170 Å². The summed E-state index contributed by atoms with van der Waals surface area (Å²) in [4.78, 5) is 0. The molecule has 110 heavy (non-hydrogen) atoms. The average molecular weight is 1870 g/mol. The van der Waals surface area contributed by atoms with Crippen molar-refractivity contribution in [3.8, 4) is 89.0 Å². The standard InChI is InChI=1S/4C24H25.5C2H4.4Sn/c4*1-15-10-17(3)23(18(4)11-15)21-8-7-9-22(14-21)24-19(5)12-16(2)13-20(24)6;5*1-2;;;;/h4*7-13H,1-6H3;5*1-2H2;;;;. The van der Waals surface area contributed by atoms with Crippen molar-refractivity contribution in [1.82, 2.24) is 0 Å². The number of fused-ring (bicyclic) bond motifs is 9. The maximum atomic E-state index is 2.66. The predicted molar refractivity (Wildman–Crippen MR) is 493 cm³/mol. The molecular weight excluding hydrogens is 1750 g/mol. The SMILES string of the molecule is Cc1cc(C)c(-c2cccc(-c3c(C)cc(C)cc3C)[c]2[Sn]2[CH2][CH2][Sn]([c]3c(-c4c(C)cc(C)cc4C)cccc3-c3c(C)cc(C)cc3C)[CH2][CH2][Sn]3([c]4c(-c5c(C)cc(C)cc5C)cccc4-c4c(C)cc(C)cc4C)[CH2][CH2][Sn]([c]4c(-c5c(C)cc(C)cc5C)cccc4-c4c(C)cc(C)cc4C)([CH2][CH2]2)[CH2][CH2]3)c(C)c1. The molecule has 3 aliphatic heterocycles. The molecule has 3 aliphatic rings. The fourth-order valence-corrected chi connectivity index (χ4v) is 141. The Hall–Kier alpha value is -6.17. The van der Waals surface area contributed by atoms with Gasteiger partial charge in [-0.1, -0.05) is 0 Å². The van der Waals surface area contributed by atoms with Gasteiger partial charge >= 0.3 is 694 Å². The van der Waals surface area contributed by atoms with Crippen LogP contribution in [0.2, 0.25) is 44.4 Å². The van der Waals surface area contributed by atoms with Crippen LogP contribution in [-0.2, 0) is 0 Å². The third-order valence-electron chi connectivity index (χ3n) is 26.3. The topological polar surface area (TPSA) is 0 Å². The summed E-state index contributed by atoms with van der Waals surface area (Å²) in [6.45, 7) is 57.7. The summed E-state index contributed by atoms with van der Waals surface area (Å²) >= 11 is -14.1. The van der Waals surface area contributed by atoms with E-state index in [2.05, 4.69) is 336 Å². The van der Waals surface area contributed by atoms with Gasteiger partial charge in [0.2, 0.25) is 0 Å². The van der Waals surface area contributed by atoms with Crippen molar-refractivity contribution in [1.29, 1.82) is 0 Å². The first-order valence-corrected chi connectivity index (χ1v) is 67.1. The summed E-state index contributed by atoms with van der Waals surface area (Å²) < 4.78 is 21.2. The molecule has 0 saturated carbocycles. The molecule has 12 aromatic carbocycles. The third kappa shape index (κ3) is 15.2. The number of rotatable bonds is 12. The van der Waals surface area contributed by atoms with E-state index < -0.39 is 76.3 Å². The first-order valence-electron chi connectivity index (χ1n) is 41.2. The van der Waals surface area contributed by atoms with Gasteiger partial charge in [0.25, 0.3) is 0 Å². The number of hydrogen-bond donors (Lipinski definition) is 0. The van der Waals surface area contributed by atoms with E-state index >= 15 is 0 Å². The van der Waals surface area contributed by atoms with Gasteiger partial charge in [0.15, 0.2) is 0 Å². The second-order valence-corrected chi connectivity index (χ2v) is 76.9. The molecule has 0 aromatic heterocycles. The van der Waals surface area contributed by atoms with E-state index in [0.717, 1.165) is 0 Å². The molecule has 3 fully saturated rings. The number of hydrogen-bond acceptors (Lipinski definition) is 0. The summed E-state index contributed by atoms with van der Waals surface area (Å²) in [5, 5.41) is 0. The molecule has 0 N–H and O–H groups in total. The molecule has 0 amide bonds. The Morgan fingerprint density at radius 2 is 0.327 bits per heavy atom. The van der Waals surface area contributed by atoms with Crippen molar-refractivity contribution in [3.05, 3.63) is 303 Å². The van der Waals surface area contributed by atoms with Gasteiger partial charge in [0, 0.05) is 0 Å². The zero-order valence-electron chi connectivity index (χ0n) is 71.2. The van der Waals surface area contributed by atoms with Gasteiger partial charge in [-0.25, -0.2) is 0 Å². The van der Waals surface area contributed by atoms with E-state index in [4.69, 9.17) is 0 Å². The van der Waals surface area contributed by atoms with E-state index in [1.165, 1.54) is 222 Å². The molecule has 0 spiro atoms. The molecule has 0 aliphatic carbocycles. The van der Waals surface area contributed by atoms with Crippen LogP contribution in [0.3, 0.4) is 0 Å². The average Bonchev–Trinajstić information content (AvgIpc) is 0.707. The Bertz CT molecular complexity index is 4830. The first-order chi connectivity index (χ1) is 52.4. The summed E-state index contributed by atoms with van der Waals surface area (Å²) in [6.07, 6.45) is 0. The fraction of sp³-hybridized carbons (Fsp3) is 0.321. The molecule has 0 unspecified atom stereocenters. The van der Waals surface area contributed by atoms with Crippen LogP contribution in [0.5, 0.6) is 0 Å². The van der Waals surface area contributed by atoms with Crippen molar-refractivity contribution in [2.75, 3.05) is 0 Å². The predicted octanol–water partition coefficient (Wildman–Crippen LogP) is 27.3. The Kier molecular flexibility index (Phi) is 23.6. The van der Waals surface area contributed by atoms with E-state index in [9.17, 15) is 0 Å². The molecular formula is C106H120Sn4. The van der Waals surface area contributed by atoms with Crippen LogP contribution in [-0.4, -0.2) is 76.3 Å². The number of benzene rings is 12. The molecule has 2 radical (unpaired) electrons. The second-order valence-electron chi connectivity index (χ2n) is 35.4. The summed E-state index contributed by atoms with van der Waals surface area (Å²) in [6, 6.07) is 71.3. The van der Waals surface area contributed by atoms with E-state index in [-0.39, 0.29) is 0 Å². The minimum atomic E-state index is -3.98. The minimum absolute atomic E-state index is 1.36. The van der Waals surface area contributed by atoms with Gasteiger partial charge in [0.1, 0.15) is 0 Å². The van der Waals surface area contributed by atoms with Crippen molar-refractivity contribution in [2.45, 2.75) is 211 Å². The zero-order chi connectivity index (χ0) is 78.4. The molecule has 2 bridgehead atoms. The van der Waals surface area contributed by atoms with Crippen molar-refractivity contribution in [2.24, 2.45) is 0 Å². The Balaban J connectivity index is 1.14. The van der Waals surface area contributed by atoms with Crippen molar-refractivity contribution in [3.63, 3.8) is 0 Å². The van der Waals surface area contributed by atoms with Crippen LogP contribution in [0.4, 0.5) is 0 Å². The maximum absolute atomic E-state index is 3.98. The first kappa shape index (κ1) is 80.4.